The Morgan fingerprint density at radius 3 is 2.61 bits per heavy atom. The first-order chi connectivity index (χ1) is 17.2. The smallest absolute Gasteiger partial charge is 0.406 e. The van der Waals surface area contributed by atoms with E-state index >= 15 is 0 Å². The SMILES string of the molecule is CC1(c2ccc(-c3ccc(OC(F)(F)F)cc3)nc2)CC1C(=O)N/N=C/c1ccc2cnccc2c1. The number of fused-ring (bicyclic) bond motifs is 1. The van der Waals surface area contributed by atoms with E-state index in [0.29, 0.717) is 17.7 Å². The molecule has 2 atom stereocenters. The van der Waals surface area contributed by atoms with Crippen LogP contribution < -0.4 is 10.2 Å². The van der Waals surface area contributed by atoms with Crippen LogP contribution in [-0.2, 0) is 10.2 Å². The van der Waals surface area contributed by atoms with Crippen LogP contribution >= 0.6 is 0 Å². The van der Waals surface area contributed by atoms with Crippen LogP contribution in [0.3, 0.4) is 0 Å². The minimum atomic E-state index is -4.73. The fourth-order valence-corrected chi connectivity index (χ4v) is 4.23. The minimum Gasteiger partial charge on any atom is -0.406 e. The number of alkyl halides is 3. The molecule has 1 aliphatic rings. The molecule has 1 amide bonds. The monoisotopic (exact) mass is 490 g/mol. The van der Waals surface area contributed by atoms with Crippen LogP contribution in [0.5, 0.6) is 5.75 Å². The Hall–Kier alpha value is -4.27. The van der Waals surface area contributed by atoms with Crippen LogP contribution in [0.25, 0.3) is 22.0 Å². The summed E-state index contributed by atoms with van der Waals surface area (Å²) in [6.45, 7) is 2.00. The number of nitrogens with zero attached hydrogens (tertiary/aromatic N) is 3. The van der Waals surface area contributed by atoms with Gasteiger partial charge in [0, 0.05) is 35.0 Å². The van der Waals surface area contributed by atoms with Crippen molar-refractivity contribution in [3.63, 3.8) is 0 Å². The third-order valence-electron chi connectivity index (χ3n) is 6.41. The van der Waals surface area contributed by atoms with Crippen molar-refractivity contribution >= 4 is 22.9 Å². The maximum absolute atomic E-state index is 12.7. The van der Waals surface area contributed by atoms with E-state index in [4.69, 9.17) is 0 Å². The Kier molecular flexibility index (Phi) is 5.91. The van der Waals surface area contributed by atoms with Gasteiger partial charge >= 0.3 is 6.36 Å². The summed E-state index contributed by atoms with van der Waals surface area (Å²) in [5.74, 6) is -0.686. The van der Waals surface area contributed by atoms with Crippen molar-refractivity contribution in [2.45, 2.75) is 25.1 Å². The molecule has 4 aromatic rings. The summed E-state index contributed by atoms with van der Waals surface area (Å²) in [6, 6.07) is 17.0. The number of carbonyl (C=O) groups is 1. The lowest BCUT2D eigenvalue weighted by Gasteiger charge is -2.12. The molecule has 6 nitrogen and oxygen atoms in total. The number of amides is 1. The second-order valence-electron chi connectivity index (χ2n) is 8.89. The largest absolute Gasteiger partial charge is 0.573 e. The first-order valence-corrected chi connectivity index (χ1v) is 11.2. The lowest BCUT2D eigenvalue weighted by Crippen LogP contribution is -2.23. The number of halogens is 3. The molecule has 182 valence electrons. The molecule has 2 unspecified atom stereocenters. The van der Waals surface area contributed by atoms with Crippen molar-refractivity contribution in [1.82, 2.24) is 15.4 Å². The number of hydrogen-bond acceptors (Lipinski definition) is 5. The van der Waals surface area contributed by atoms with E-state index in [2.05, 4.69) is 25.2 Å². The molecule has 0 radical (unpaired) electrons. The standard InChI is InChI=1S/C27H21F3N4O2/c1-26(21-6-9-24(32-16-21)18-4-7-22(8-5-18)36-27(28,29)30)13-23(26)25(35)34-33-14-17-2-3-20-15-31-11-10-19(20)12-17/h2-12,14-16,23H,13H2,1H3,(H,34,35)/b33-14+. The summed E-state index contributed by atoms with van der Waals surface area (Å²) in [5.41, 5.74) is 5.32. The molecule has 0 aliphatic heterocycles. The maximum atomic E-state index is 12.7. The Labute approximate surface area is 204 Å². The number of pyridine rings is 2. The summed E-state index contributed by atoms with van der Waals surface area (Å²) >= 11 is 0. The molecule has 2 aromatic carbocycles. The molecule has 5 rings (SSSR count). The van der Waals surface area contributed by atoms with Gasteiger partial charge in [0.05, 0.1) is 17.8 Å². The molecule has 1 N–H and O–H groups in total. The predicted molar refractivity (Wildman–Crippen MR) is 129 cm³/mol. The first-order valence-electron chi connectivity index (χ1n) is 11.2. The third-order valence-corrected chi connectivity index (χ3v) is 6.41. The summed E-state index contributed by atoms with van der Waals surface area (Å²) in [6.07, 6.45) is 2.76. The molecular weight excluding hydrogens is 469 g/mol. The van der Waals surface area contributed by atoms with Crippen LogP contribution in [0.1, 0.15) is 24.5 Å². The van der Waals surface area contributed by atoms with Crippen molar-refractivity contribution in [3.8, 4) is 17.0 Å². The van der Waals surface area contributed by atoms with Gasteiger partial charge in [0.2, 0.25) is 5.91 Å². The highest BCUT2D eigenvalue weighted by Gasteiger charge is 2.55. The van der Waals surface area contributed by atoms with Crippen molar-refractivity contribution in [2.24, 2.45) is 11.0 Å². The lowest BCUT2D eigenvalue weighted by molar-refractivity contribution is -0.274. The molecule has 2 aromatic heterocycles. The second kappa shape index (κ2) is 9.07. The normalized spacial score (nSPS) is 19.4. The van der Waals surface area contributed by atoms with Gasteiger partial charge in [-0.15, -0.1) is 13.2 Å². The number of nitrogens with one attached hydrogen (secondary N) is 1. The molecular formula is C27H21F3N4O2. The average Bonchev–Trinajstić information content (AvgIpc) is 3.56. The molecule has 2 heterocycles. The fourth-order valence-electron chi connectivity index (χ4n) is 4.23. The van der Waals surface area contributed by atoms with Crippen molar-refractivity contribution in [3.05, 3.63) is 90.4 Å². The zero-order valence-corrected chi connectivity index (χ0v) is 19.2. The van der Waals surface area contributed by atoms with Crippen LogP contribution in [0.4, 0.5) is 13.2 Å². The zero-order valence-electron chi connectivity index (χ0n) is 19.2. The number of hydrazone groups is 1. The molecule has 0 bridgehead atoms. The molecule has 1 aliphatic carbocycles. The van der Waals surface area contributed by atoms with Gasteiger partial charge in [-0.25, -0.2) is 5.43 Å². The predicted octanol–water partition coefficient (Wildman–Crippen LogP) is 5.62. The molecule has 1 fully saturated rings. The fraction of sp³-hybridized carbons (Fsp3) is 0.185. The Morgan fingerprint density at radius 1 is 1.08 bits per heavy atom. The maximum Gasteiger partial charge on any atom is 0.573 e. The van der Waals surface area contributed by atoms with Gasteiger partial charge in [-0.1, -0.05) is 25.1 Å². The van der Waals surface area contributed by atoms with E-state index in [1.54, 1.807) is 30.9 Å². The van der Waals surface area contributed by atoms with Crippen molar-refractivity contribution in [2.75, 3.05) is 0 Å². The van der Waals surface area contributed by atoms with E-state index in [1.807, 2.05) is 37.3 Å². The van der Waals surface area contributed by atoms with Crippen LogP contribution in [-0.4, -0.2) is 28.5 Å². The van der Waals surface area contributed by atoms with E-state index in [9.17, 15) is 18.0 Å². The number of benzene rings is 2. The van der Waals surface area contributed by atoms with Gasteiger partial charge in [-0.2, -0.15) is 5.10 Å². The van der Waals surface area contributed by atoms with Crippen LogP contribution in [0.2, 0.25) is 0 Å². The second-order valence-corrected chi connectivity index (χ2v) is 8.89. The minimum absolute atomic E-state index is 0.164. The highest BCUT2D eigenvalue weighted by Crippen LogP contribution is 2.54. The van der Waals surface area contributed by atoms with Crippen molar-refractivity contribution in [1.29, 1.82) is 0 Å². The van der Waals surface area contributed by atoms with Gasteiger partial charge in [0.1, 0.15) is 5.75 Å². The van der Waals surface area contributed by atoms with Gasteiger partial charge < -0.3 is 4.74 Å². The zero-order chi connectivity index (χ0) is 25.3. The van der Waals surface area contributed by atoms with Gasteiger partial charge in [-0.05, 0) is 65.4 Å². The molecule has 36 heavy (non-hydrogen) atoms. The summed E-state index contributed by atoms with van der Waals surface area (Å²) < 4.78 is 40.9. The van der Waals surface area contributed by atoms with E-state index in [1.165, 1.54) is 24.3 Å². The third kappa shape index (κ3) is 5.05. The number of ether oxygens (including phenoxy) is 1. The number of aromatic nitrogens is 2. The van der Waals surface area contributed by atoms with E-state index in [-0.39, 0.29) is 23.0 Å². The van der Waals surface area contributed by atoms with Gasteiger partial charge in [0.25, 0.3) is 0 Å². The van der Waals surface area contributed by atoms with Gasteiger partial charge in [0.15, 0.2) is 0 Å². The first kappa shape index (κ1) is 23.5. The molecule has 0 spiro atoms. The Morgan fingerprint density at radius 2 is 1.89 bits per heavy atom. The van der Waals surface area contributed by atoms with E-state index < -0.39 is 6.36 Å². The van der Waals surface area contributed by atoms with Gasteiger partial charge in [-0.3, -0.25) is 14.8 Å². The number of carbonyl (C=O) groups excluding carboxylic acids is 1. The molecule has 9 heteroatoms. The highest BCUT2D eigenvalue weighted by molar-refractivity contribution is 5.91. The quantitative estimate of drug-likeness (QED) is 0.281. The number of hydrogen-bond donors (Lipinski definition) is 1. The van der Waals surface area contributed by atoms with Crippen LogP contribution in [0, 0.1) is 5.92 Å². The van der Waals surface area contributed by atoms with Crippen LogP contribution in [0.15, 0.2) is 84.4 Å². The Bertz CT molecular complexity index is 1440. The molecule has 1 saturated carbocycles. The number of rotatable bonds is 6. The molecule has 0 saturated heterocycles. The van der Waals surface area contributed by atoms with E-state index in [0.717, 1.165) is 21.9 Å². The topological polar surface area (TPSA) is 76.5 Å². The lowest BCUT2D eigenvalue weighted by atomic mass is 9.96. The van der Waals surface area contributed by atoms with Crippen molar-refractivity contribution < 1.29 is 22.7 Å². The average molecular weight is 490 g/mol. The summed E-state index contributed by atoms with van der Waals surface area (Å²) in [4.78, 5) is 21.2. The highest BCUT2D eigenvalue weighted by atomic mass is 19.4. The summed E-state index contributed by atoms with van der Waals surface area (Å²) in [5, 5.41) is 6.18. The Balaban J connectivity index is 1.20. The summed E-state index contributed by atoms with van der Waals surface area (Å²) in [7, 11) is 0.